The van der Waals surface area contributed by atoms with Crippen LogP contribution < -0.4 is 16.8 Å². The topological polar surface area (TPSA) is 128 Å². The summed E-state index contributed by atoms with van der Waals surface area (Å²) in [6, 6.07) is 8.17. The minimum absolute atomic E-state index is 0. The monoisotopic (exact) mass is 628 g/mol. The molecule has 2 amide bonds. The number of nitrogens with one attached hydrogen (secondary N) is 1. The number of benzene rings is 1. The summed E-state index contributed by atoms with van der Waals surface area (Å²) < 4.78 is 5.76. The molecule has 3 atom stereocenters. The molecule has 8 nitrogen and oxygen atoms in total. The Morgan fingerprint density at radius 3 is 2.21 bits per heavy atom. The number of carbonyl (C=O) groups is 3. The number of nitrogens with two attached hydrogens (primary N) is 2. The number of esters is 1. The lowest BCUT2D eigenvalue weighted by atomic mass is 9.74. The fourth-order valence-electron chi connectivity index (χ4n) is 6.37. The second-order valence-electron chi connectivity index (χ2n) is 11.7. The first-order valence-electron chi connectivity index (χ1n) is 15.7. The first-order chi connectivity index (χ1) is 19.5. The van der Waals surface area contributed by atoms with Crippen molar-refractivity contribution < 1.29 is 19.1 Å². The lowest BCUT2D eigenvalue weighted by molar-refractivity contribution is -0.168. The Balaban J connectivity index is 0.00000441. The fourth-order valence-corrected chi connectivity index (χ4v) is 6.37. The van der Waals surface area contributed by atoms with Crippen LogP contribution in [0.3, 0.4) is 0 Å². The Labute approximate surface area is 265 Å². The number of aryl methyl sites for hydroxylation is 1. The predicted molar refractivity (Wildman–Crippen MR) is 173 cm³/mol. The molecule has 5 N–H and O–H groups in total. The molecule has 2 bridgehead atoms. The minimum Gasteiger partial charge on any atom is -0.464 e. The molecule has 10 heteroatoms. The quantitative estimate of drug-likeness (QED) is 0.145. The van der Waals surface area contributed by atoms with Crippen molar-refractivity contribution in [2.75, 3.05) is 13.2 Å². The molecule has 1 aliphatic carbocycles. The molecule has 2 saturated heterocycles. The van der Waals surface area contributed by atoms with Crippen LogP contribution in [0.25, 0.3) is 0 Å². The molecule has 1 saturated carbocycles. The summed E-state index contributed by atoms with van der Waals surface area (Å²) in [5.74, 6) is -0.727. The summed E-state index contributed by atoms with van der Waals surface area (Å²) >= 11 is 0. The van der Waals surface area contributed by atoms with Crippen molar-refractivity contribution in [3.63, 3.8) is 0 Å². The van der Waals surface area contributed by atoms with Gasteiger partial charge in [0.25, 0.3) is 0 Å². The molecule has 3 fully saturated rings. The summed E-state index contributed by atoms with van der Waals surface area (Å²) in [6.07, 6.45) is 13.7. The smallest absolute Gasteiger partial charge is 0.329 e. The van der Waals surface area contributed by atoms with E-state index in [0.29, 0.717) is 32.4 Å². The summed E-state index contributed by atoms with van der Waals surface area (Å²) in [5.41, 5.74) is 12.7. The summed E-state index contributed by atoms with van der Waals surface area (Å²) in [6.45, 7) is 3.14. The minimum atomic E-state index is -0.646. The molecule has 3 aliphatic rings. The number of nitrogens with zero attached hydrogens (tertiary/aromatic N) is 1. The number of hydrogen-bond donors (Lipinski definition) is 3. The number of carbonyl (C=O) groups excluding carboxylic acids is 3. The van der Waals surface area contributed by atoms with Crippen LogP contribution in [-0.4, -0.2) is 60.0 Å². The molecule has 0 radical (unpaired) electrons. The van der Waals surface area contributed by atoms with Gasteiger partial charge in [-0.2, -0.15) is 0 Å². The number of unbranched alkanes of at least 4 members (excludes halogenated alkanes) is 6. The van der Waals surface area contributed by atoms with Crippen LogP contribution >= 0.6 is 24.8 Å². The van der Waals surface area contributed by atoms with E-state index in [9.17, 15) is 14.4 Å². The molecule has 42 heavy (non-hydrogen) atoms. The van der Waals surface area contributed by atoms with Crippen molar-refractivity contribution in [1.82, 2.24) is 10.2 Å². The fraction of sp³-hybridized carbons (Fsp3) is 0.719. The Morgan fingerprint density at radius 2 is 1.57 bits per heavy atom. The Bertz CT molecular complexity index is 915. The van der Waals surface area contributed by atoms with Gasteiger partial charge in [0.15, 0.2) is 0 Å². The third-order valence-corrected chi connectivity index (χ3v) is 8.67. The zero-order valence-electron chi connectivity index (χ0n) is 25.3. The van der Waals surface area contributed by atoms with Gasteiger partial charge in [0.05, 0.1) is 18.7 Å². The number of primary amides is 1. The van der Waals surface area contributed by atoms with Crippen LogP contribution in [0.1, 0.15) is 102 Å². The molecule has 4 rings (SSSR count). The molecular weight excluding hydrogens is 575 g/mol. The zero-order valence-corrected chi connectivity index (χ0v) is 27.0. The molecule has 0 aromatic heterocycles. The van der Waals surface area contributed by atoms with Crippen molar-refractivity contribution >= 4 is 42.6 Å². The van der Waals surface area contributed by atoms with Gasteiger partial charge in [-0.15, -0.1) is 24.8 Å². The molecular formula is C32H54Cl2N4O4. The van der Waals surface area contributed by atoms with Crippen LogP contribution in [0.5, 0.6) is 0 Å². The summed E-state index contributed by atoms with van der Waals surface area (Å²) in [4.78, 5) is 41.8. The molecule has 0 spiro atoms. The van der Waals surface area contributed by atoms with Crippen molar-refractivity contribution in [3.05, 3.63) is 35.9 Å². The largest absolute Gasteiger partial charge is 0.464 e. The van der Waals surface area contributed by atoms with Crippen LogP contribution in [0.15, 0.2) is 30.3 Å². The second-order valence-corrected chi connectivity index (χ2v) is 11.7. The lowest BCUT2D eigenvalue weighted by Gasteiger charge is -2.51. The van der Waals surface area contributed by atoms with Gasteiger partial charge in [0.1, 0.15) is 6.04 Å². The van der Waals surface area contributed by atoms with E-state index in [2.05, 4.69) is 12.2 Å². The normalized spacial score (nSPS) is 20.6. The van der Waals surface area contributed by atoms with Crippen molar-refractivity contribution in [2.45, 2.75) is 127 Å². The number of piperidine rings is 2. The molecule has 240 valence electrons. The Morgan fingerprint density at radius 1 is 0.905 bits per heavy atom. The van der Waals surface area contributed by atoms with Gasteiger partial charge in [0.2, 0.25) is 11.8 Å². The molecule has 1 aromatic rings. The second kappa shape index (κ2) is 20.9. The van der Waals surface area contributed by atoms with E-state index < -0.39 is 24.0 Å². The van der Waals surface area contributed by atoms with Gasteiger partial charge in [-0.25, -0.2) is 4.79 Å². The van der Waals surface area contributed by atoms with Gasteiger partial charge in [-0.3, -0.25) is 14.9 Å². The summed E-state index contributed by atoms with van der Waals surface area (Å²) in [5, 5.41) is 3.32. The van der Waals surface area contributed by atoms with Crippen LogP contribution in [0.4, 0.5) is 0 Å². The highest BCUT2D eigenvalue weighted by Gasteiger charge is 2.49. The average molecular weight is 630 g/mol. The Kier molecular flexibility index (Phi) is 19.0. The maximum absolute atomic E-state index is 14.2. The number of hydrogen-bond acceptors (Lipinski definition) is 6. The molecule has 0 unspecified atom stereocenters. The number of rotatable bonds is 19. The van der Waals surface area contributed by atoms with Crippen molar-refractivity contribution in [3.8, 4) is 0 Å². The number of halogens is 2. The number of amides is 2. The van der Waals surface area contributed by atoms with E-state index in [1.807, 2.05) is 35.2 Å². The zero-order chi connectivity index (χ0) is 28.7. The first-order valence-corrected chi connectivity index (χ1v) is 15.7. The maximum atomic E-state index is 14.2. The van der Waals surface area contributed by atoms with Gasteiger partial charge in [0, 0.05) is 6.04 Å². The van der Waals surface area contributed by atoms with E-state index in [-0.39, 0.29) is 48.7 Å². The SMILES string of the molecule is CCCCCCCCOC(=O)[C@@H]1C2CCC(CC2)N1C(=O)[C@H](CCCCN)N[C@@H](CCc1ccccc1)C(N)=O.Cl.Cl. The average Bonchev–Trinajstić information content (AvgIpc) is 2.98. The number of fused-ring (bicyclic) bond motifs is 3. The van der Waals surface area contributed by atoms with E-state index in [0.717, 1.165) is 63.4 Å². The Hall–Kier alpha value is -1.87. The van der Waals surface area contributed by atoms with E-state index in [1.54, 1.807) is 0 Å². The highest BCUT2D eigenvalue weighted by Crippen LogP contribution is 2.40. The lowest BCUT2D eigenvalue weighted by Crippen LogP contribution is -2.65. The van der Waals surface area contributed by atoms with Gasteiger partial charge in [-0.05, 0) is 75.8 Å². The van der Waals surface area contributed by atoms with E-state index in [1.165, 1.54) is 19.3 Å². The van der Waals surface area contributed by atoms with E-state index in [4.69, 9.17) is 16.2 Å². The van der Waals surface area contributed by atoms with Gasteiger partial charge in [-0.1, -0.05) is 75.8 Å². The van der Waals surface area contributed by atoms with Crippen molar-refractivity contribution in [1.29, 1.82) is 0 Å². The highest BCUT2D eigenvalue weighted by molar-refractivity contribution is 5.89. The molecule has 2 aliphatic heterocycles. The third-order valence-electron chi connectivity index (χ3n) is 8.67. The van der Waals surface area contributed by atoms with Crippen LogP contribution in [0.2, 0.25) is 0 Å². The number of ether oxygens (including phenoxy) is 1. The maximum Gasteiger partial charge on any atom is 0.329 e. The molecule has 1 aromatic carbocycles. The van der Waals surface area contributed by atoms with Gasteiger partial charge >= 0.3 is 5.97 Å². The first kappa shape index (κ1) is 38.2. The van der Waals surface area contributed by atoms with Crippen LogP contribution in [-0.2, 0) is 25.5 Å². The third kappa shape index (κ3) is 11.7. The predicted octanol–water partition coefficient (Wildman–Crippen LogP) is 5.08. The van der Waals surface area contributed by atoms with Crippen molar-refractivity contribution in [2.24, 2.45) is 17.4 Å². The van der Waals surface area contributed by atoms with Crippen LogP contribution in [0, 0.1) is 5.92 Å². The molecule has 2 heterocycles. The van der Waals surface area contributed by atoms with Gasteiger partial charge < -0.3 is 21.1 Å². The standard InChI is InChI=1S/C32H52N4O4.2ClH/c1-2-3-4-5-6-12-23-40-32(39)29-25-17-19-26(20-18-25)36(29)31(38)28(15-10-11-22-33)35-27(30(34)37)21-16-24-13-8-7-9-14-24;;/h7-9,13-14,25-29,35H,2-6,10-12,15-23,33H2,1H3,(H2,34,37);2*1H/t25?,26?,27-,28-,29-;;/m0../s1. The van der Waals surface area contributed by atoms with E-state index >= 15 is 0 Å². The summed E-state index contributed by atoms with van der Waals surface area (Å²) in [7, 11) is 0. The highest BCUT2D eigenvalue weighted by atomic mass is 35.5.